The van der Waals surface area contributed by atoms with E-state index in [0.717, 1.165) is 25.1 Å². The van der Waals surface area contributed by atoms with Gasteiger partial charge in [0.1, 0.15) is 16.5 Å². The molecule has 2 nitrogen and oxygen atoms in total. The van der Waals surface area contributed by atoms with Crippen LogP contribution in [0.1, 0.15) is 18.4 Å². The zero-order chi connectivity index (χ0) is 11.1. The number of halogens is 4. The smallest absolute Gasteiger partial charge is 0.420 e. The first-order valence-corrected chi connectivity index (χ1v) is 4.74. The number of pyridine rings is 1. The third-order valence-corrected chi connectivity index (χ3v) is 2.16. The van der Waals surface area contributed by atoms with E-state index in [1.165, 1.54) is 0 Å². The van der Waals surface area contributed by atoms with Gasteiger partial charge in [-0.2, -0.15) is 13.2 Å². The fourth-order valence-electron chi connectivity index (χ4n) is 1.10. The summed E-state index contributed by atoms with van der Waals surface area (Å²) in [5.41, 5.74) is -0.866. The van der Waals surface area contributed by atoms with Gasteiger partial charge in [0.05, 0.1) is 12.3 Å². The van der Waals surface area contributed by atoms with E-state index in [1.807, 2.05) is 0 Å². The lowest BCUT2D eigenvalue weighted by molar-refractivity contribution is -0.139. The predicted octanol–water partition coefficient (Wildman–Crippen LogP) is 3.30. The third kappa shape index (κ3) is 2.53. The molecule has 15 heavy (non-hydrogen) atoms. The normalized spacial score (nSPS) is 16.5. The van der Waals surface area contributed by atoms with Crippen LogP contribution in [0.15, 0.2) is 12.3 Å². The topological polar surface area (TPSA) is 22.1 Å². The van der Waals surface area contributed by atoms with E-state index < -0.39 is 11.7 Å². The molecule has 1 aliphatic carbocycles. The average molecular weight is 238 g/mol. The summed E-state index contributed by atoms with van der Waals surface area (Å²) >= 11 is 5.41. The third-order valence-electron chi connectivity index (χ3n) is 1.96. The van der Waals surface area contributed by atoms with Crippen LogP contribution in [0.4, 0.5) is 13.2 Å². The SMILES string of the molecule is FC(F)(F)c1cc(Cl)ncc1OC1CC1. The fraction of sp³-hybridized carbons (Fsp3) is 0.444. The molecule has 1 heterocycles. The summed E-state index contributed by atoms with van der Waals surface area (Å²) in [6.45, 7) is 0. The molecule has 0 aliphatic heterocycles. The minimum Gasteiger partial charge on any atom is -0.488 e. The van der Waals surface area contributed by atoms with E-state index in [1.54, 1.807) is 0 Å². The van der Waals surface area contributed by atoms with Crippen LogP contribution < -0.4 is 4.74 Å². The number of aromatic nitrogens is 1. The molecule has 82 valence electrons. The van der Waals surface area contributed by atoms with Crippen molar-refractivity contribution in [3.8, 4) is 5.75 Å². The van der Waals surface area contributed by atoms with Gasteiger partial charge in [-0.3, -0.25) is 0 Å². The van der Waals surface area contributed by atoms with E-state index >= 15 is 0 Å². The van der Waals surface area contributed by atoms with Crippen molar-refractivity contribution in [3.05, 3.63) is 23.0 Å². The van der Waals surface area contributed by atoms with Crippen LogP contribution in [-0.2, 0) is 6.18 Å². The minimum atomic E-state index is -4.46. The summed E-state index contributed by atoms with van der Waals surface area (Å²) in [5.74, 6) is -0.241. The Labute approximate surface area is 89.0 Å². The lowest BCUT2D eigenvalue weighted by Gasteiger charge is -2.12. The van der Waals surface area contributed by atoms with E-state index in [9.17, 15) is 13.2 Å². The Bertz CT molecular complexity index is 376. The Balaban J connectivity index is 2.34. The maximum atomic E-state index is 12.5. The van der Waals surface area contributed by atoms with E-state index in [-0.39, 0.29) is 17.0 Å². The Morgan fingerprint density at radius 2 is 2.07 bits per heavy atom. The molecule has 0 radical (unpaired) electrons. The molecule has 0 atom stereocenters. The fourth-order valence-corrected chi connectivity index (χ4v) is 1.26. The first-order chi connectivity index (χ1) is 6.97. The number of nitrogens with zero attached hydrogens (tertiary/aromatic N) is 1. The number of ether oxygens (including phenoxy) is 1. The molecule has 1 aliphatic rings. The van der Waals surface area contributed by atoms with Crippen molar-refractivity contribution in [2.45, 2.75) is 25.1 Å². The summed E-state index contributed by atoms with van der Waals surface area (Å²) in [6, 6.07) is 0.777. The summed E-state index contributed by atoms with van der Waals surface area (Å²) in [7, 11) is 0. The molecule has 0 aromatic carbocycles. The van der Waals surface area contributed by atoms with Crippen molar-refractivity contribution in [2.75, 3.05) is 0 Å². The predicted molar refractivity (Wildman–Crippen MR) is 47.9 cm³/mol. The summed E-state index contributed by atoms with van der Waals surface area (Å²) in [6.07, 6.45) is -1.96. The maximum absolute atomic E-state index is 12.5. The van der Waals surface area contributed by atoms with Crippen molar-refractivity contribution in [2.24, 2.45) is 0 Å². The minimum absolute atomic E-state index is 0.103. The van der Waals surface area contributed by atoms with Crippen molar-refractivity contribution in [1.82, 2.24) is 4.98 Å². The first-order valence-electron chi connectivity index (χ1n) is 4.36. The summed E-state index contributed by atoms with van der Waals surface area (Å²) < 4.78 is 42.7. The Kier molecular flexibility index (Phi) is 2.50. The van der Waals surface area contributed by atoms with Crippen LogP contribution in [0, 0.1) is 0 Å². The second kappa shape index (κ2) is 3.56. The highest BCUT2D eigenvalue weighted by atomic mass is 35.5. The van der Waals surface area contributed by atoms with E-state index in [0.29, 0.717) is 0 Å². The molecule has 0 saturated heterocycles. The number of hydrogen-bond acceptors (Lipinski definition) is 2. The molecular weight excluding hydrogens is 231 g/mol. The van der Waals surface area contributed by atoms with E-state index in [2.05, 4.69) is 4.98 Å². The Morgan fingerprint density at radius 3 is 2.60 bits per heavy atom. The number of alkyl halides is 3. The molecule has 1 aromatic rings. The van der Waals surface area contributed by atoms with Gasteiger partial charge in [0.2, 0.25) is 0 Å². The van der Waals surface area contributed by atoms with Gasteiger partial charge in [0.25, 0.3) is 0 Å². The molecule has 0 spiro atoms. The zero-order valence-corrected chi connectivity index (χ0v) is 8.27. The van der Waals surface area contributed by atoms with Crippen molar-refractivity contribution >= 4 is 11.6 Å². The van der Waals surface area contributed by atoms with Gasteiger partial charge in [-0.1, -0.05) is 11.6 Å². The molecule has 1 saturated carbocycles. The molecule has 1 aromatic heterocycles. The van der Waals surface area contributed by atoms with Gasteiger partial charge in [0.15, 0.2) is 0 Å². The van der Waals surface area contributed by atoms with Crippen LogP contribution in [-0.4, -0.2) is 11.1 Å². The number of hydrogen-bond donors (Lipinski definition) is 0. The largest absolute Gasteiger partial charge is 0.488 e. The molecule has 0 amide bonds. The van der Waals surface area contributed by atoms with Crippen LogP contribution in [0.2, 0.25) is 5.15 Å². The Morgan fingerprint density at radius 1 is 1.40 bits per heavy atom. The lowest BCUT2D eigenvalue weighted by Crippen LogP contribution is -2.10. The quantitative estimate of drug-likeness (QED) is 0.737. The molecule has 1 fully saturated rings. The van der Waals surface area contributed by atoms with E-state index in [4.69, 9.17) is 16.3 Å². The standard InChI is InChI=1S/C9H7ClF3NO/c10-8-3-6(9(11,12)13)7(4-14-8)15-5-1-2-5/h3-5H,1-2H2. The second-order valence-corrected chi connectivity index (χ2v) is 3.71. The molecule has 0 unspecified atom stereocenters. The zero-order valence-electron chi connectivity index (χ0n) is 7.51. The Hall–Kier alpha value is -0.970. The van der Waals surface area contributed by atoms with Gasteiger partial charge < -0.3 is 4.74 Å². The summed E-state index contributed by atoms with van der Waals surface area (Å²) in [4.78, 5) is 3.57. The maximum Gasteiger partial charge on any atom is 0.420 e. The number of rotatable bonds is 2. The lowest BCUT2D eigenvalue weighted by atomic mass is 10.2. The average Bonchev–Trinajstić information content (AvgIpc) is 2.90. The summed E-state index contributed by atoms with van der Waals surface area (Å²) in [5, 5.41) is -0.189. The molecular formula is C9H7ClF3NO. The molecule has 0 N–H and O–H groups in total. The van der Waals surface area contributed by atoms with Gasteiger partial charge in [-0.05, 0) is 18.9 Å². The molecule has 0 bridgehead atoms. The highest BCUT2D eigenvalue weighted by Crippen LogP contribution is 2.39. The van der Waals surface area contributed by atoms with Crippen molar-refractivity contribution < 1.29 is 17.9 Å². The van der Waals surface area contributed by atoms with Crippen molar-refractivity contribution in [3.63, 3.8) is 0 Å². The first kappa shape index (κ1) is 10.5. The van der Waals surface area contributed by atoms with Gasteiger partial charge >= 0.3 is 6.18 Å². The van der Waals surface area contributed by atoms with Crippen LogP contribution in [0.25, 0.3) is 0 Å². The van der Waals surface area contributed by atoms with Crippen molar-refractivity contribution in [1.29, 1.82) is 0 Å². The monoisotopic (exact) mass is 237 g/mol. The second-order valence-electron chi connectivity index (χ2n) is 3.32. The van der Waals surface area contributed by atoms with Gasteiger partial charge in [0, 0.05) is 0 Å². The van der Waals surface area contributed by atoms with Crippen LogP contribution >= 0.6 is 11.6 Å². The van der Waals surface area contributed by atoms with Crippen LogP contribution in [0.3, 0.4) is 0 Å². The highest BCUT2D eigenvalue weighted by molar-refractivity contribution is 6.29. The van der Waals surface area contributed by atoms with Gasteiger partial charge in [-0.15, -0.1) is 0 Å². The highest BCUT2D eigenvalue weighted by Gasteiger charge is 2.36. The van der Waals surface area contributed by atoms with Crippen LogP contribution in [0.5, 0.6) is 5.75 Å². The molecule has 6 heteroatoms. The molecule has 2 rings (SSSR count). The van der Waals surface area contributed by atoms with Gasteiger partial charge in [-0.25, -0.2) is 4.98 Å².